The number of aryl methyl sites for hydroxylation is 3. The molecule has 0 aliphatic carbocycles. The SMILES string of the molecule is CCc1nn(CCCC(=O)N2CCCCCC2)c(=O)c2cc3oc(C)cc3n12. The smallest absolute Gasteiger partial charge is 0.291 e. The van der Waals surface area contributed by atoms with Crippen molar-refractivity contribution in [3.05, 3.63) is 34.1 Å². The van der Waals surface area contributed by atoms with E-state index in [-0.39, 0.29) is 11.5 Å². The van der Waals surface area contributed by atoms with Crippen molar-refractivity contribution in [2.75, 3.05) is 13.1 Å². The molecule has 150 valence electrons. The lowest BCUT2D eigenvalue weighted by Crippen LogP contribution is -2.32. The molecule has 1 saturated heterocycles. The molecule has 28 heavy (non-hydrogen) atoms. The number of carbonyl (C=O) groups is 1. The van der Waals surface area contributed by atoms with Crippen LogP contribution in [0.15, 0.2) is 21.3 Å². The number of fused-ring (bicyclic) bond motifs is 3. The summed E-state index contributed by atoms with van der Waals surface area (Å²) in [5, 5.41) is 4.58. The van der Waals surface area contributed by atoms with Gasteiger partial charge in [0.1, 0.15) is 17.1 Å². The summed E-state index contributed by atoms with van der Waals surface area (Å²) in [5.74, 6) is 1.84. The fraction of sp³-hybridized carbons (Fsp3) is 0.571. The normalized spacial score (nSPS) is 15.4. The van der Waals surface area contributed by atoms with Gasteiger partial charge in [-0.05, 0) is 26.2 Å². The standard InChI is InChI=1S/C21H28N4O3/c1-3-19-22-24(12-8-9-20(26)23-10-6-4-5-7-11-23)21(27)17-14-18-16(25(17)19)13-15(2)28-18/h13-14H,3-12H2,1-2H3. The van der Waals surface area contributed by atoms with Crippen LogP contribution in [0, 0.1) is 6.92 Å². The molecule has 0 atom stereocenters. The van der Waals surface area contributed by atoms with Crippen molar-refractivity contribution in [1.29, 1.82) is 0 Å². The van der Waals surface area contributed by atoms with Crippen LogP contribution in [0.25, 0.3) is 16.6 Å². The third-order valence-electron chi connectivity index (χ3n) is 5.60. The molecule has 0 bridgehead atoms. The molecule has 1 aliphatic heterocycles. The third kappa shape index (κ3) is 3.45. The van der Waals surface area contributed by atoms with Gasteiger partial charge in [0.05, 0.1) is 5.52 Å². The van der Waals surface area contributed by atoms with Crippen LogP contribution in [0.1, 0.15) is 57.0 Å². The number of hydrogen-bond acceptors (Lipinski definition) is 4. The maximum Gasteiger partial charge on any atom is 0.291 e. The minimum Gasteiger partial charge on any atom is -0.460 e. The van der Waals surface area contributed by atoms with E-state index in [2.05, 4.69) is 5.10 Å². The molecule has 7 heteroatoms. The third-order valence-corrected chi connectivity index (χ3v) is 5.60. The van der Waals surface area contributed by atoms with E-state index in [4.69, 9.17) is 4.42 Å². The van der Waals surface area contributed by atoms with Crippen molar-refractivity contribution >= 4 is 22.5 Å². The summed E-state index contributed by atoms with van der Waals surface area (Å²) >= 11 is 0. The Morgan fingerprint density at radius 2 is 1.89 bits per heavy atom. The predicted molar refractivity (Wildman–Crippen MR) is 108 cm³/mol. The van der Waals surface area contributed by atoms with Gasteiger partial charge in [-0.25, -0.2) is 4.68 Å². The van der Waals surface area contributed by atoms with E-state index in [1.807, 2.05) is 29.2 Å². The van der Waals surface area contributed by atoms with Gasteiger partial charge in [0, 0.05) is 44.6 Å². The first-order chi connectivity index (χ1) is 13.6. The lowest BCUT2D eigenvalue weighted by Gasteiger charge is -2.20. The number of aromatic nitrogens is 3. The molecule has 0 aromatic carbocycles. The van der Waals surface area contributed by atoms with Gasteiger partial charge in [0.2, 0.25) is 5.91 Å². The summed E-state index contributed by atoms with van der Waals surface area (Å²) in [6, 6.07) is 3.73. The number of likely N-dealkylation sites (tertiary alicyclic amines) is 1. The summed E-state index contributed by atoms with van der Waals surface area (Å²) in [7, 11) is 0. The van der Waals surface area contributed by atoms with E-state index in [9.17, 15) is 9.59 Å². The highest BCUT2D eigenvalue weighted by molar-refractivity contribution is 5.83. The average Bonchev–Trinajstić information content (AvgIpc) is 3.07. The number of nitrogens with zero attached hydrogens (tertiary/aromatic N) is 4. The van der Waals surface area contributed by atoms with Crippen LogP contribution in [-0.2, 0) is 17.8 Å². The van der Waals surface area contributed by atoms with Crippen LogP contribution in [0.5, 0.6) is 0 Å². The first kappa shape index (κ1) is 18.8. The Morgan fingerprint density at radius 3 is 2.61 bits per heavy atom. The molecule has 1 fully saturated rings. The molecular formula is C21H28N4O3. The Labute approximate surface area is 163 Å². The highest BCUT2D eigenvalue weighted by Gasteiger charge is 2.18. The Bertz CT molecular complexity index is 1050. The Balaban J connectivity index is 1.53. The fourth-order valence-electron chi connectivity index (χ4n) is 4.15. The number of amides is 1. The van der Waals surface area contributed by atoms with E-state index in [1.54, 1.807) is 6.07 Å². The maximum atomic E-state index is 12.9. The average molecular weight is 384 g/mol. The summed E-state index contributed by atoms with van der Waals surface area (Å²) in [5.41, 5.74) is 2.04. The zero-order chi connectivity index (χ0) is 19.7. The molecule has 4 heterocycles. The predicted octanol–water partition coefficient (Wildman–Crippen LogP) is 3.30. The fourth-order valence-corrected chi connectivity index (χ4v) is 4.15. The van der Waals surface area contributed by atoms with E-state index < -0.39 is 0 Å². The molecule has 0 N–H and O–H groups in total. The van der Waals surface area contributed by atoms with Crippen LogP contribution < -0.4 is 5.56 Å². The van der Waals surface area contributed by atoms with Gasteiger partial charge in [-0.15, -0.1) is 0 Å². The van der Waals surface area contributed by atoms with Gasteiger partial charge in [-0.1, -0.05) is 19.8 Å². The summed E-state index contributed by atoms with van der Waals surface area (Å²) < 4.78 is 9.10. The van der Waals surface area contributed by atoms with Crippen molar-refractivity contribution in [1.82, 2.24) is 19.1 Å². The zero-order valence-corrected chi connectivity index (χ0v) is 16.7. The van der Waals surface area contributed by atoms with Gasteiger partial charge in [0.25, 0.3) is 5.56 Å². The molecule has 0 radical (unpaired) electrons. The second kappa shape index (κ2) is 7.81. The van der Waals surface area contributed by atoms with Crippen molar-refractivity contribution in [2.45, 2.75) is 65.3 Å². The largest absolute Gasteiger partial charge is 0.460 e. The topological polar surface area (TPSA) is 72.8 Å². The quantitative estimate of drug-likeness (QED) is 0.677. The van der Waals surface area contributed by atoms with Gasteiger partial charge >= 0.3 is 0 Å². The van der Waals surface area contributed by atoms with Crippen molar-refractivity contribution in [2.24, 2.45) is 0 Å². The van der Waals surface area contributed by atoms with Crippen molar-refractivity contribution in [3.63, 3.8) is 0 Å². The summed E-state index contributed by atoms with van der Waals surface area (Å²) in [6.45, 7) is 6.11. The van der Waals surface area contributed by atoms with Crippen molar-refractivity contribution in [3.8, 4) is 0 Å². The molecule has 0 spiro atoms. The maximum absolute atomic E-state index is 12.9. The minimum absolute atomic E-state index is 0.136. The molecule has 1 amide bonds. The van der Waals surface area contributed by atoms with Gasteiger partial charge in [0.15, 0.2) is 5.58 Å². The van der Waals surface area contributed by atoms with E-state index in [1.165, 1.54) is 17.5 Å². The molecule has 7 nitrogen and oxygen atoms in total. The van der Waals surface area contributed by atoms with Crippen LogP contribution >= 0.6 is 0 Å². The molecule has 1 aliphatic rings. The molecular weight excluding hydrogens is 356 g/mol. The second-order valence-corrected chi connectivity index (χ2v) is 7.67. The van der Waals surface area contributed by atoms with E-state index in [0.717, 1.165) is 43.0 Å². The van der Waals surface area contributed by atoms with Crippen LogP contribution in [0.2, 0.25) is 0 Å². The van der Waals surface area contributed by atoms with Crippen LogP contribution in [0.3, 0.4) is 0 Å². The van der Waals surface area contributed by atoms with Gasteiger partial charge in [-0.2, -0.15) is 5.10 Å². The Hall–Kier alpha value is -2.57. The molecule has 0 saturated carbocycles. The van der Waals surface area contributed by atoms with E-state index >= 15 is 0 Å². The number of hydrogen-bond donors (Lipinski definition) is 0. The van der Waals surface area contributed by atoms with Gasteiger partial charge < -0.3 is 9.32 Å². The lowest BCUT2D eigenvalue weighted by molar-refractivity contribution is -0.131. The lowest BCUT2D eigenvalue weighted by atomic mass is 10.2. The molecule has 0 unspecified atom stereocenters. The van der Waals surface area contributed by atoms with Crippen molar-refractivity contribution < 1.29 is 9.21 Å². The minimum atomic E-state index is -0.136. The monoisotopic (exact) mass is 384 g/mol. The highest BCUT2D eigenvalue weighted by Crippen LogP contribution is 2.23. The van der Waals surface area contributed by atoms with Crippen LogP contribution in [-0.4, -0.2) is 38.1 Å². The zero-order valence-electron chi connectivity index (χ0n) is 16.7. The number of furan rings is 1. The Kier molecular flexibility index (Phi) is 5.24. The van der Waals surface area contributed by atoms with E-state index in [0.29, 0.717) is 36.9 Å². The first-order valence-electron chi connectivity index (χ1n) is 10.4. The highest BCUT2D eigenvalue weighted by atomic mass is 16.3. The number of carbonyl (C=O) groups excluding carboxylic acids is 1. The number of rotatable bonds is 5. The Morgan fingerprint density at radius 1 is 1.14 bits per heavy atom. The van der Waals surface area contributed by atoms with Gasteiger partial charge in [-0.3, -0.25) is 14.0 Å². The summed E-state index contributed by atoms with van der Waals surface area (Å²) in [6.07, 6.45) is 6.40. The molecule has 3 aromatic heterocycles. The molecule has 4 rings (SSSR count). The summed E-state index contributed by atoms with van der Waals surface area (Å²) in [4.78, 5) is 27.4. The second-order valence-electron chi connectivity index (χ2n) is 7.67. The molecule has 3 aromatic rings. The first-order valence-corrected chi connectivity index (χ1v) is 10.4. The van der Waals surface area contributed by atoms with Crippen LogP contribution in [0.4, 0.5) is 0 Å².